The van der Waals surface area contributed by atoms with Crippen molar-refractivity contribution in [2.45, 2.75) is 0 Å². The standard InChI is InChI=1S/Al.Cu.Hf.Ni.3H. The zero-order valence-electron chi connectivity index (χ0n) is 1.12. The maximum Gasteiger partial charge on any atom is 0.187 e. The van der Waals surface area contributed by atoms with Crippen LogP contribution in [0.2, 0.25) is 0 Å². The predicted molar refractivity (Wildman–Crippen MR) is 9.94 cm³/mol. The summed E-state index contributed by atoms with van der Waals surface area (Å²) >= 11 is 0. The Balaban J connectivity index is 0. The summed E-state index contributed by atoms with van der Waals surface area (Å²) in [6.45, 7) is 0. The van der Waals surface area contributed by atoms with E-state index in [0.717, 1.165) is 0 Å². The molecule has 0 saturated carbocycles. The van der Waals surface area contributed by atoms with Gasteiger partial charge in [0.25, 0.3) is 0 Å². The first kappa shape index (κ1) is 32.2. The molecule has 0 amide bonds. The summed E-state index contributed by atoms with van der Waals surface area (Å²) in [5.74, 6) is 0. The van der Waals surface area contributed by atoms with Crippen LogP contribution in [0.15, 0.2) is 0 Å². The summed E-state index contributed by atoms with van der Waals surface area (Å²) in [7, 11) is 0. The number of hydrogen-bond donors (Lipinski definition) is 0. The van der Waals surface area contributed by atoms with Crippen molar-refractivity contribution in [3.63, 3.8) is 0 Å². The molecule has 0 aromatic heterocycles. The van der Waals surface area contributed by atoms with Crippen molar-refractivity contribution in [2.24, 2.45) is 0 Å². The van der Waals surface area contributed by atoms with Crippen LogP contribution < -0.4 is 0 Å². The van der Waals surface area contributed by atoms with E-state index in [4.69, 9.17) is 0 Å². The molecule has 0 rings (SSSR count). The van der Waals surface area contributed by atoms with Crippen LogP contribution in [0.5, 0.6) is 0 Å². The molecule has 0 bridgehead atoms. The second-order valence-corrected chi connectivity index (χ2v) is 0. The van der Waals surface area contributed by atoms with Crippen molar-refractivity contribution >= 4 is 17.4 Å². The van der Waals surface area contributed by atoms with Gasteiger partial charge >= 0.3 is 0 Å². The van der Waals surface area contributed by atoms with Crippen LogP contribution in [-0.2, 0) is 59.4 Å². The summed E-state index contributed by atoms with van der Waals surface area (Å²) in [4.78, 5) is 0. The first-order valence-corrected chi connectivity index (χ1v) is 0. The molecule has 31 valence electrons. The zero-order valence-corrected chi connectivity index (χ0v) is 6.64. The van der Waals surface area contributed by atoms with E-state index in [0.29, 0.717) is 0 Å². The van der Waals surface area contributed by atoms with Crippen LogP contribution in [0.4, 0.5) is 0 Å². The van der Waals surface area contributed by atoms with Gasteiger partial charge in [-0.3, -0.25) is 0 Å². The third kappa shape index (κ3) is 8.83. The molecule has 0 atom stereocenters. The molecule has 0 aliphatic carbocycles. The van der Waals surface area contributed by atoms with E-state index in [-0.39, 0.29) is 76.8 Å². The Labute approximate surface area is 75.8 Å². The van der Waals surface area contributed by atoms with Gasteiger partial charge in [0.05, 0.1) is 0 Å². The quantitative estimate of drug-likeness (QED) is 0.490. The van der Waals surface area contributed by atoms with Gasteiger partial charge in [0, 0.05) is 59.4 Å². The van der Waals surface area contributed by atoms with Gasteiger partial charge < -0.3 is 0 Å². The van der Waals surface area contributed by atoms with E-state index in [9.17, 15) is 0 Å². The van der Waals surface area contributed by atoms with Crippen LogP contribution in [0, 0.1) is 0 Å². The maximum absolute atomic E-state index is 0. The van der Waals surface area contributed by atoms with Crippen molar-refractivity contribution in [2.75, 3.05) is 0 Å². The molecule has 0 saturated heterocycles. The molecular formula is H3AlCuHfNi. The molecule has 0 N–H and O–H groups in total. The van der Waals surface area contributed by atoms with E-state index in [2.05, 4.69) is 0 Å². The average Bonchev–Trinajstić information content (AvgIpc) is 0. The topological polar surface area (TPSA) is 0 Å². The van der Waals surface area contributed by atoms with Crippen molar-refractivity contribution < 1.29 is 59.4 Å². The molecule has 0 spiro atoms. The van der Waals surface area contributed by atoms with Crippen LogP contribution in [0.25, 0.3) is 0 Å². The molecule has 1 radical (unpaired) electrons. The van der Waals surface area contributed by atoms with Gasteiger partial charge in [-0.25, -0.2) is 0 Å². The maximum atomic E-state index is 0. The summed E-state index contributed by atoms with van der Waals surface area (Å²) in [5, 5.41) is 0. The van der Waals surface area contributed by atoms with Crippen LogP contribution in [-0.4, -0.2) is 17.4 Å². The monoisotopic (exact) mass is 331 g/mol. The Bertz CT molecular complexity index is 8.00. The Morgan fingerprint density at radius 1 is 1.00 bits per heavy atom. The zero-order chi connectivity index (χ0) is 0. The van der Waals surface area contributed by atoms with Gasteiger partial charge in [-0.15, -0.1) is 0 Å². The minimum atomic E-state index is 0. The smallest absolute Gasteiger partial charge is 0 e. The van der Waals surface area contributed by atoms with Gasteiger partial charge in [-0.2, -0.15) is 0 Å². The SMILES string of the molecule is [AlH3].[Cu].[Hf].[Ni]. The fourth-order valence-corrected chi connectivity index (χ4v) is 0. The predicted octanol–water partition coefficient (Wildman–Crippen LogP) is -1.19. The van der Waals surface area contributed by atoms with Crippen LogP contribution >= 0.6 is 0 Å². The fourth-order valence-electron chi connectivity index (χ4n) is 0. The largest absolute Gasteiger partial charge is 0.187 e. The minimum Gasteiger partial charge on any atom is 0 e. The second-order valence-electron chi connectivity index (χ2n) is 0. The number of rotatable bonds is 0. The van der Waals surface area contributed by atoms with Crippen molar-refractivity contribution in [1.29, 1.82) is 0 Å². The molecule has 4 heteroatoms. The van der Waals surface area contributed by atoms with Crippen LogP contribution in [0.1, 0.15) is 0 Å². The summed E-state index contributed by atoms with van der Waals surface area (Å²) in [6, 6.07) is 0. The molecular weight excluding hydrogens is 328 g/mol. The molecule has 0 unspecified atom stereocenters. The van der Waals surface area contributed by atoms with Gasteiger partial charge in [-0.05, 0) is 0 Å². The molecule has 0 aliphatic rings. The fraction of sp³-hybridized carbons (Fsp3) is 0. The molecule has 0 nitrogen and oxygen atoms in total. The molecule has 4 heavy (non-hydrogen) atoms. The Kier molecular flexibility index (Phi) is 146. The molecule has 0 fully saturated rings. The molecule has 0 aromatic rings. The van der Waals surface area contributed by atoms with E-state index >= 15 is 0 Å². The third-order valence-electron chi connectivity index (χ3n) is 0. The second kappa shape index (κ2) is 18.1. The summed E-state index contributed by atoms with van der Waals surface area (Å²) < 4.78 is 0. The first-order chi connectivity index (χ1) is 0. The van der Waals surface area contributed by atoms with E-state index in [1.165, 1.54) is 0 Å². The average molecular weight is 331 g/mol. The van der Waals surface area contributed by atoms with E-state index in [1.54, 1.807) is 0 Å². The molecule has 0 aliphatic heterocycles. The van der Waals surface area contributed by atoms with Crippen molar-refractivity contribution in [3.05, 3.63) is 0 Å². The normalized spacial score (nSPS) is 0. The Hall–Kier alpha value is 2.42. The van der Waals surface area contributed by atoms with Gasteiger partial charge in [0.2, 0.25) is 0 Å². The van der Waals surface area contributed by atoms with Crippen molar-refractivity contribution in [3.8, 4) is 0 Å². The molecule has 0 aromatic carbocycles. The van der Waals surface area contributed by atoms with Gasteiger partial charge in [-0.1, -0.05) is 0 Å². The Morgan fingerprint density at radius 3 is 1.00 bits per heavy atom. The third-order valence-corrected chi connectivity index (χ3v) is 0. The minimum absolute atomic E-state index is 0. The number of hydrogen-bond acceptors (Lipinski definition) is 0. The Morgan fingerprint density at radius 2 is 1.00 bits per heavy atom. The molecule has 0 heterocycles. The summed E-state index contributed by atoms with van der Waals surface area (Å²) in [6.07, 6.45) is 0. The van der Waals surface area contributed by atoms with Gasteiger partial charge in [0.15, 0.2) is 17.4 Å². The van der Waals surface area contributed by atoms with E-state index in [1.807, 2.05) is 0 Å². The van der Waals surface area contributed by atoms with Crippen LogP contribution in [0.3, 0.4) is 0 Å². The van der Waals surface area contributed by atoms with Gasteiger partial charge in [0.1, 0.15) is 0 Å². The first-order valence-electron chi connectivity index (χ1n) is 0. The van der Waals surface area contributed by atoms with Crippen molar-refractivity contribution in [1.82, 2.24) is 0 Å². The van der Waals surface area contributed by atoms with E-state index < -0.39 is 0 Å². The summed E-state index contributed by atoms with van der Waals surface area (Å²) in [5.41, 5.74) is 0.